The molecule has 6 heteroatoms. The third kappa shape index (κ3) is 3.42. The van der Waals surface area contributed by atoms with Crippen LogP contribution in [0.25, 0.3) is 0 Å². The highest BCUT2D eigenvalue weighted by Crippen LogP contribution is 2.30. The van der Waals surface area contributed by atoms with E-state index in [2.05, 4.69) is 17.3 Å². The van der Waals surface area contributed by atoms with Gasteiger partial charge in [-0.25, -0.2) is 0 Å². The van der Waals surface area contributed by atoms with Crippen LogP contribution in [0.3, 0.4) is 0 Å². The third-order valence-electron chi connectivity index (χ3n) is 4.97. The molecular formula is C17H25N3O3. The molecule has 0 aromatic carbocycles. The van der Waals surface area contributed by atoms with E-state index in [4.69, 9.17) is 4.42 Å². The fraction of sp³-hybridized carbons (Fsp3) is 0.647. The first-order chi connectivity index (χ1) is 11.1. The lowest BCUT2D eigenvalue weighted by Crippen LogP contribution is -2.47. The van der Waals surface area contributed by atoms with Gasteiger partial charge in [0.25, 0.3) is 5.91 Å². The van der Waals surface area contributed by atoms with Crippen LogP contribution in [0.2, 0.25) is 0 Å². The zero-order chi connectivity index (χ0) is 16.4. The summed E-state index contributed by atoms with van der Waals surface area (Å²) in [7, 11) is 2.15. The van der Waals surface area contributed by atoms with Gasteiger partial charge in [0, 0.05) is 25.6 Å². The Morgan fingerprint density at radius 3 is 2.65 bits per heavy atom. The van der Waals surface area contributed by atoms with Gasteiger partial charge in [0.15, 0.2) is 5.76 Å². The zero-order valence-electron chi connectivity index (χ0n) is 13.9. The normalized spacial score (nSPS) is 25.0. The summed E-state index contributed by atoms with van der Waals surface area (Å²) in [5.74, 6) is 0.843. The molecule has 1 aromatic rings. The first-order valence-corrected chi connectivity index (χ1v) is 8.40. The molecule has 3 heterocycles. The number of nitrogens with zero attached hydrogens (tertiary/aromatic N) is 2. The number of nitrogens with one attached hydrogen (secondary N) is 1. The van der Waals surface area contributed by atoms with Crippen LogP contribution < -0.4 is 5.32 Å². The lowest BCUT2D eigenvalue weighted by atomic mass is 10.0. The second-order valence-electron chi connectivity index (χ2n) is 6.57. The van der Waals surface area contributed by atoms with Crippen molar-refractivity contribution in [1.82, 2.24) is 15.1 Å². The molecule has 2 aliphatic heterocycles. The SMILES string of the molecule is CC(=O)NCc1ccc(C(=O)N2CCC[C@H]2[C@@H]2CCCN2C)o1. The molecule has 0 bridgehead atoms. The Kier molecular flexibility index (Phi) is 4.71. The van der Waals surface area contributed by atoms with Crippen LogP contribution in [0, 0.1) is 0 Å². The quantitative estimate of drug-likeness (QED) is 0.916. The molecular weight excluding hydrogens is 294 g/mol. The van der Waals surface area contributed by atoms with Gasteiger partial charge in [-0.3, -0.25) is 9.59 Å². The van der Waals surface area contributed by atoms with Gasteiger partial charge in [0.2, 0.25) is 5.91 Å². The monoisotopic (exact) mass is 319 g/mol. The molecule has 0 saturated carbocycles. The topological polar surface area (TPSA) is 65.8 Å². The minimum absolute atomic E-state index is 0.0260. The number of hydrogen-bond donors (Lipinski definition) is 1. The molecule has 2 saturated heterocycles. The average molecular weight is 319 g/mol. The van der Waals surface area contributed by atoms with Crippen LogP contribution in [0.15, 0.2) is 16.5 Å². The summed E-state index contributed by atoms with van der Waals surface area (Å²) in [5.41, 5.74) is 0. The van der Waals surface area contributed by atoms with Crippen molar-refractivity contribution in [3.05, 3.63) is 23.7 Å². The van der Waals surface area contributed by atoms with Crippen LogP contribution in [0.4, 0.5) is 0 Å². The molecule has 6 nitrogen and oxygen atoms in total. The Morgan fingerprint density at radius 1 is 1.22 bits per heavy atom. The maximum absolute atomic E-state index is 12.8. The molecule has 0 spiro atoms. The van der Waals surface area contributed by atoms with E-state index < -0.39 is 0 Å². The average Bonchev–Trinajstić information content (AvgIpc) is 3.24. The van der Waals surface area contributed by atoms with E-state index in [-0.39, 0.29) is 11.8 Å². The Balaban J connectivity index is 1.68. The Bertz CT molecular complexity index is 583. The third-order valence-corrected chi connectivity index (χ3v) is 4.97. The minimum Gasteiger partial charge on any atom is -0.454 e. The molecule has 2 atom stereocenters. The Morgan fingerprint density at radius 2 is 1.96 bits per heavy atom. The molecule has 1 aromatic heterocycles. The molecule has 0 aliphatic carbocycles. The van der Waals surface area contributed by atoms with Gasteiger partial charge in [-0.2, -0.15) is 0 Å². The largest absolute Gasteiger partial charge is 0.454 e. The summed E-state index contributed by atoms with van der Waals surface area (Å²) in [6, 6.07) is 4.23. The second-order valence-corrected chi connectivity index (χ2v) is 6.57. The van der Waals surface area contributed by atoms with E-state index in [9.17, 15) is 9.59 Å². The van der Waals surface area contributed by atoms with Crippen LogP contribution in [-0.2, 0) is 11.3 Å². The summed E-state index contributed by atoms with van der Waals surface area (Å²) in [6.45, 7) is 3.69. The van der Waals surface area contributed by atoms with E-state index in [1.807, 2.05) is 4.90 Å². The number of carbonyl (C=O) groups excluding carboxylic acids is 2. The van der Waals surface area contributed by atoms with Crippen LogP contribution in [0.5, 0.6) is 0 Å². The molecule has 23 heavy (non-hydrogen) atoms. The Labute approximate surface area is 136 Å². The summed E-state index contributed by atoms with van der Waals surface area (Å²) < 4.78 is 5.63. The van der Waals surface area contributed by atoms with Crippen molar-refractivity contribution in [1.29, 1.82) is 0 Å². The van der Waals surface area contributed by atoms with E-state index in [1.54, 1.807) is 12.1 Å². The van der Waals surface area contributed by atoms with Crippen molar-refractivity contribution in [2.24, 2.45) is 0 Å². The van der Waals surface area contributed by atoms with Gasteiger partial charge in [-0.05, 0) is 51.4 Å². The van der Waals surface area contributed by atoms with Gasteiger partial charge < -0.3 is 19.5 Å². The zero-order valence-corrected chi connectivity index (χ0v) is 13.9. The van der Waals surface area contributed by atoms with E-state index in [1.165, 1.54) is 13.3 Å². The van der Waals surface area contributed by atoms with Crippen molar-refractivity contribution in [3.8, 4) is 0 Å². The van der Waals surface area contributed by atoms with Crippen molar-refractivity contribution in [3.63, 3.8) is 0 Å². The predicted molar refractivity (Wildman–Crippen MR) is 85.9 cm³/mol. The molecule has 2 fully saturated rings. The standard InChI is InChI=1S/C17H25N3O3/c1-12(21)18-11-13-7-8-16(23-13)17(22)20-10-4-6-15(20)14-5-3-9-19(14)2/h7-8,14-15H,3-6,9-11H2,1-2H3,(H,18,21)/t14-,15-/m0/s1. The number of hydrogen-bond acceptors (Lipinski definition) is 4. The predicted octanol–water partition coefficient (Wildman–Crippen LogP) is 1.61. The van der Waals surface area contributed by atoms with Crippen LogP contribution >= 0.6 is 0 Å². The fourth-order valence-electron chi connectivity index (χ4n) is 3.81. The van der Waals surface area contributed by atoms with E-state index in [0.29, 0.717) is 30.1 Å². The van der Waals surface area contributed by atoms with Gasteiger partial charge >= 0.3 is 0 Å². The smallest absolute Gasteiger partial charge is 0.289 e. The summed E-state index contributed by atoms with van der Waals surface area (Å²) >= 11 is 0. The van der Waals surface area contributed by atoms with Gasteiger partial charge in [-0.1, -0.05) is 0 Å². The maximum Gasteiger partial charge on any atom is 0.289 e. The Hall–Kier alpha value is -1.82. The van der Waals surface area contributed by atoms with Gasteiger partial charge in [0.05, 0.1) is 6.54 Å². The highest BCUT2D eigenvalue weighted by atomic mass is 16.4. The molecule has 0 radical (unpaired) electrons. The first-order valence-electron chi connectivity index (χ1n) is 8.40. The lowest BCUT2D eigenvalue weighted by molar-refractivity contribution is -0.119. The molecule has 2 aliphatic rings. The summed E-state index contributed by atoms with van der Waals surface area (Å²) in [4.78, 5) is 28.1. The number of furan rings is 1. The highest BCUT2D eigenvalue weighted by molar-refractivity contribution is 5.92. The molecule has 2 amide bonds. The van der Waals surface area contributed by atoms with E-state index >= 15 is 0 Å². The van der Waals surface area contributed by atoms with Crippen LogP contribution in [-0.4, -0.2) is 53.8 Å². The van der Waals surface area contributed by atoms with Gasteiger partial charge in [0.1, 0.15) is 5.76 Å². The molecule has 126 valence electrons. The summed E-state index contributed by atoms with van der Waals surface area (Å²) in [6.07, 6.45) is 4.50. The second kappa shape index (κ2) is 6.74. The van der Waals surface area contributed by atoms with Crippen LogP contribution in [0.1, 0.15) is 48.9 Å². The van der Waals surface area contributed by atoms with E-state index in [0.717, 1.165) is 32.4 Å². The maximum atomic E-state index is 12.8. The number of rotatable bonds is 4. The fourth-order valence-corrected chi connectivity index (χ4v) is 3.81. The molecule has 1 N–H and O–H groups in total. The van der Waals surface area contributed by atoms with Crippen molar-refractivity contribution < 1.29 is 14.0 Å². The number of likely N-dealkylation sites (tertiary alicyclic amines) is 2. The molecule has 0 unspecified atom stereocenters. The lowest BCUT2D eigenvalue weighted by Gasteiger charge is -2.32. The number of likely N-dealkylation sites (N-methyl/N-ethyl adjacent to an activating group) is 1. The first kappa shape index (κ1) is 16.1. The minimum atomic E-state index is -0.113. The summed E-state index contributed by atoms with van der Waals surface area (Å²) in [5, 5.41) is 2.68. The van der Waals surface area contributed by atoms with Crippen molar-refractivity contribution in [2.75, 3.05) is 20.1 Å². The van der Waals surface area contributed by atoms with Crippen molar-refractivity contribution >= 4 is 11.8 Å². The van der Waals surface area contributed by atoms with Crippen molar-refractivity contribution in [2.45, 2.75) is 51.2 Å². The van der Waals surface area contributed by atoms with Gasteiger partial charge in [-0.15, -0.1) is 0 Å². The molecule has 3 rings (SSSR count). The highest BCUT2D eigenvalue weighted by Gasteiger charge is 2.39. The number of carbonyl (C=O) groups is 2. The number of amides is 2.